The number of aryl methyl sites for hydroxylation is 1. The number of nitrogens with zero attached hydrogens (tertiary/aromatic N) is 1. The molecule has 1 heterocycles. The maximum Gasteiger partial charge on any atom is 0.323 e. The van der Waals surface area contributed by atoms with Crippen LogP contribution in [-0.2, 0) is 4.79 Å². The Kier molecular flexibility index (Phi) is 4.87. The molecular formula is C17H15ClN4O2S. The number of carbonyl (C=O) groups is 2. The van der Waals surface area contributed by atoms with Crippen molar-refractivity contribution in [1.29, 1.82) is 0 Å². The lowest BCUT2D eigenvalue weighted by Crippen LogP contribution is -2.19. The van der Waals surface area contributed by atoms with Crippen molar-refractivity contribution in [2.45, 2.75) is 13.8 Å². The van der Waals surface area contributed by atoms with Gasteiger partial charge in [-0.1, -0.05) is 29.0 Å². The molecule has 0 fully saturated rings. The van der Waals surface area contributed by atoms with Gasteiger partial charge in [-0.05, 0) is 42.8 Å². The number of hydrogen-bond acceptors (Lipinski definition) is 4. The van der Waals surface area contributed by atoms with Crippen molar-refractivity contribution >= 4 is 61.6 Å². The quantitative estimate of drug-likeness (QED) is 0.612. The normalized spacial score (nSPS) is 10.5. The number of urea groups is 1. The molecule has 3 aromatic rings. The van der Waals surface area contributed by atoms with E-state index < -0.39 is 0 Å². The number of anilines is 3. The highest BCUT2D eigenvalue weighted by molar-refractivity contribution is 7.22. The first-order valence-corrected chi connectivity index (χ1v) is 8.62. The van der Waals surface area contributed by atoms with Gasteiger partial charge < -0.3 is 16.0 Å². The topological polar surface area (TPSA) is 83.1 Å². The van der Waals surface area contributed by atoms with Crippen LogP contribution in [0.5, 0.6) is 0 Å². The molecule has 0 aliphatic heterocycles. The molecule has 0 atom stereocenters. The molecule has 3 N–H and O–H groups in total. The standard InChI is InChI=1S/C17H15ClN4O2S/c1-9-3-4-11(7-13(9)18)20-16(24)21-12-5-6-14-15(8-12)25-17(22-14)19-10(2)23/h3-8H,1-2H3,(H,19,22,23)(H2,20,21,24). The molecule has 3 rings (SSSR count). The van der Waals surface area contributed by atoms with Crippen LogP contribution in [0.15, 0.2) is 36.4 Å². The first-order valence-electron chi connectivity index (χ1n) is 7.43. The van der Waals surface area contributed by atoms with Gasteiger partial charge in [0.1, 0.15) is 0 Å². The van der Waals surface area contributed by atoms with Gasteiger partial charge in [0.05, 0.1) is 10.2 Å². The van der Waals surface area contributed by atoms with Gasteiger partial charge in [-0.2, -0.15) is 0 Å². The van der Waals surface area contributed by atoms with Crippen molar-refractivity contribution in [3.8, 4) is 0 Å². The van der Waals surface area contributed by atoms with Gasteiger partial charge in [0.25, 0.3) is 0 Å². The van der Waals surface area contributed by atoms with Gasteiger partial charge in [0.15, 0.2) is 5.13 Å². The molecule has 0 aliphatic carbocycles. The zero-order chi connectivity index (χ0) is 18.0. The van der Waals surface area contributed by atoms with Crippen molar-refractivity contribution in [1.82, 2.24) is 4.98 Å². The Labute approximate surface area is 153 Å². The molecule has 0 radical (unpaired) electrons. The highest BCUT2D eigenvalue weighted by Crippen LogP contribution is 2.28. The number of aromatic nitrogens is 1. The third-order valence-corrected chi connectivity index (χ3v) is 4.70. The number of amides is 3. The largest absolute Gasteiger partial charge is 0.323 e. The highest BCUT2D eigenvalue weighted by atomic mass is 35.5. The molecule has 6 nitrogen and oxygen atoms in total. The first kappa shape index (κ1) is 17.2. The lowest BCUT2D eigenvalue weighted by atomic mass is 10.2. The lowest BCUT2D eigenvalue weighted by molar-refractivity contribution is -0.114. The summed E-state index contributed by atoms with van der Waals surface area (Å²) in [6, 6.07) is 10.3. The van der Waals surface area contributed by atoms with Crippen LogP contribution in [0.4, 0.5) is 21.3 Å². The SMILES string of the molecule is CC(=O)Nc1nc2ccc(NC(=O)Nc3ccc(C)c(Cl)c3)cc2s1. The van der Waals surface area contributed by atoms with Gasteiger partial charge in [0, 0.05) is 23.3 Å². The highest BCUT2D eigenvalue weighted by Gasteiger charge is 2.08. The third kappa shape index (κ3) is 4.26. The van der Waals surface area contributed by atoms with Crippen LogP contribution < -0.4 is 16.0 Å². The van der Waals surface area contributed by atoms with Crippen molar-refractivity contribution < 1.29 is 9.59 Å². The predicted molar refractivity (Wildman–Crippen MR) is 103 cm³/mol. The number of nitrogens with one attached hydrogen (secondary N) is 3. The molecule has 0 unspecified atom stereocenters. The molecule has 25 heavy (non-hydrogen) atoms. The zero-order valence-corrected chi connectivity index (χ0v) is 15.1. The smallest absolute Gasteiger partial charge is 0.308 e. The van der Waals surface area contributed by atoms with E-state index in [1.165, 1.54) is 18.3 Å². The minimum Gasteiger partial charge on any atom is -0.308 e. The number of benzene rings is 2. The molecule has 1 aromatic heterocycles. The van der Waals surface area contributed by atoms with Crippen LogP contribution in [0.25, 0.3) is 10.2 Å². The number of halogens is 1. The minimum absolute atomic E-state index is 0.173. The summed E-state index contributed by atoms with van der Waals surface area (Å²) in [6.07, 6.45) is 0. The Morgan fingerprint density at radius 2 is 1.72 bits per heavy atom. The average Bonchev–Trinajstić information content (AvgIpc) is 2.91. The molecule has 0 aliphatic rings. The molecule has 0 saturated carbocycles. The van der Waals surface area contributed by atoms with Crippen molar-refractivity contribution in [2.75, 3.05) is 16.0 Å². The maximum absolute atomic E-state index is 12.1. The maximum atomic E-state index is 12.1. The minimum atomic E-state index is -0.370. The van der Waals surface area contributed by atoms with Gasteiger partial charge in [-0.3, -0.25) is 4.79 Å². The van der Waals surface area contributed by atoms with Crippen molar-refractivity contribution in [2.24, 2.45) is 0 Å². The van der Waals surface area contributed by atoms with E-state index in [4.69, 9.17) is 11.6 Å². The zero-order valence-electron chi connectivity index (χ0n) is 13.5. The fourth-order valence-corrected chi connectivity index (χ4v) is 3.30. The Morgan fingerprint density at radius 3 is 2.40 bits per heavy atom. The van der Waals surface area contributed by atoms with E-state index in [9.17, 15) is 9.59 Å². The van der Waals surface area contributed by atoms with E-state index in [-0.39, 0.29) is 11.9 Å². The van der Waals surface area contributed by atoms with Crippen LogP contribution >= 0.6 is 22.9 Å². The van der Waals surface area contributed by atoms with Gasteiger partial charge >= 0.3 is 6.03 Å². The van der Waals surface area contributed by atoms with Crippen molar-refractivity contribution in [3.05, 3.63) is 47.0 Å². The monoisotopic (exact) mass is 374 g/mol. The number of hydrogen-bond donors (Lipinski definition) is 3. The van der Waals surface area contributed by atoms with Crippen LogP contribution in [0.1, 0.15) is 12.5 Å². The van der Waals surface area contributed by atoms with Crippen molar-refractivity contribution in [3.63, 3.8) is 0 Å². The Bertz CT molecular complexity index is 970. The van der Waals surface area contributed by atoms with Crippen LogP contribution in [0.2, 0.25) is 5.02 Å². The third-order valence-electron chi connectivity index (χ3n) is 3.36. The molecular weight excluding hydrogens is 360 g/mol. The molecule has 0 spiro atoms. The van der Waals surface area contributed by atoms with E-state index in [1.54, 1.807) is 30.3 Å². The molecule has 0 saturated heterocycles. The molecule has 8 heteroatoms. The Morgan fingerprint density at radius 1 is 1.04 bits per heavy atom. The number of carbonyl (C=O) groups excluding carboxylic acids is 2. The second kappa shape index (κ2) is 7.08. The number of thiazole rings is 1. The van der Waals surface area contributed by atoms with E-state index >= 15 is 0 Å². The lowest BCUT2D eigenvalue weighted by Gasteiger charge is -2.08. The van der Waals surface area contributed by atoms with E-state index in [0.717, 1.165) is 15.8 Å². The van der Waals surface area contributed by atoms with E-state index in [0.29, 0.717) is 21.5 Å². The Hall–Kier alpha value is -2.64. The summed E-state index contributed by atoms with van der Waals surface area (Å²) < 4.78 is 0.861. The fraction of sp³-hybridized carbons (Fsp3) is 0.118. The molecule has 128 valence electrons. The summed E-state index contributed by atoms with van der Waals surface area (Å²) in [7, 11) is 0. The van der Waals surface area contributed by atoms with Gasteiger partial charge in [-0.25, -0.2) is 9.78 Å². The summed E-state index contributed by atoms with van der Waals surface area (Å²) >= 11 is 7.40. The molecule has 0 bridgehead atoms. The average molecular weight is 375 g/mol. The predicted octanol–water partition coefficient (Wildman–Crippen LogP) is 4.86. The Balaban J connectivity index is 1.72. The molecule has 3 amide bonds. The van der Waals surface area contributed by atoms with Gasteiger partial charge in [0.2, 0.25) is 5.91 Å². The summed E-state index contributed by atoms with van der Waals surface area (Å²) in [5.41, 5.74) is 2.93. The fourth-order valence-electron chi connectivity index (χ4n) is 2.17. The van der Waals surface area contributed by atoms with Crippen LogP contribution in [0.3, 0.4) is 0 Å². The van der Waals surface area contributed by atoms with Crippen LogP contribution in [0, 0.1) is 6.92 Å². The summed E-state index contributed by atoms with van der Waals surface area (Å²) in [4.78, 5) is 27.5. The number of rotatable bonds is 3. The second-order valence-electron chi connectivity index (χ2n) is 5.43. The summed E-state index contributed by atoms with van der Waals surface area (Å²) in [5, 5.41) is 9.27. The second-order valence-corrected chi connectivity index (χ2v) is 6.86. The van der Waals surface area contributed by atoms with E-state index in [1.807, 2.05) is 13.0 Å². The molecule has 2 aromatic carbocycles. The summed E-state index contributed by atoms with van der Waals surface area (Å²) in [6.45, 7) is 3.33. The van der Waals surface area contributed by atoms with Gasteiger partial charge in [-0.15, -0.1) is 0 Å². The first-order chi connectivity index (χ1) is 11.9. The van der Waals surface area contributed by atoms with E-state index in [2.05, 4.69) is 20.9 Å². The summed E-state index contributed by atoms with van der Waals surface area (Å²) in [5.74, 6) is -0.173. The van der Waals surface area contributed by atoms with Crippen LogP contribution in [-0.4, -0.2) is 16.9 Å². The number of fused-ring (bicyclic) bond motifs is 1.